The van der Waals surface area contributed by atoms with Gasteiger partial charge >= 0.3 is 0 Å². The third kappa shape index (κ3) is 1.01. The Bertz CT molecular complexity index is 372. The Balaban J connectivity index is 2.14. The summed E-state index contributed by atoms with van der Waals surface area (Å²) in [4.78, 5) is 0. The summed E-state index contributed by atoms with van der Waals surface area (Å²) in [5, 5.41) is 4.21. The molecule has 2 aliphatic heterocycles. The van der Waals surface area contributed by atoms with Crippen molar-refractivity contribution in [1.29, 1.82) is 0 Å². The number of hydrogen-bond acceptors (Lipinski definition) is 2. The van der Waals surface area contributed by atoms with E-state index >= 15 is 0 Å². The summed E-state index contributed by atoms with van der Waals surface area (Å²) in [6, 6.07) is 6.12. The monoisotopic (exact) mass is 209 g/mol. The Kier molecular flexibility index (Phi) is 1.76. The first-order chi connectivity index (χ1) is 6.82. The van der Waals surface area contributed by atoms with Gasteiger partial charge in [0.2, 0.25) is 0 Å². The van der Waals surface area contributed by atoms with Crippen molar-refractivity contribution < 1.29 is 4.74 Å². The van der Waals surface area contributed by atoms with Crippen LogP contribution in [0.1, 0.15) is 12.0 Å². The molecule has 0 aliphatic carbocycles. The van der Waals surface area contributed by atoms with Gasteiger partial charge in [-0.3, -0.25) is 0 Å². The van der Waals surface area contributed by atoms with Gasteiger partial charge in [-0.25, -0.2) is 0 Å². The number of hydrogen-bond donors (Lipinski definition) is 1. The van der Waals surface area contributed by atoms with Crippen LogP contribution in [0.3, 0.4) is 0 Å². The van der Waals surface area contributed by atoms with Gasteiger partial charge < -0.3 is 10.1 Å². The first-order valence-electron chi connectivity index (χ1n) is 4.92. The van der Waals surface area contributed by atoms with Crippen LogP contribution >= 0.6 is 11.6 Å². The van der Waals surface area contributed by atoms with Crippen LogP contribution in [0.5, 0.6) is 0 Å². The fraction of sp³-hybridized carbons (Fsp3) is 0.455. The number of benzene rings is 1. The maximum atomic E-state index is 6.13. The van der Waals surface area contributed by atoms with Gasteiger partial charge in [0.15, 0.2) is 0 Å². The molecule has 2 nitrogen and oxygen atoms in total. The highest BCUT2D eigenvalue weighted by atomic mass is 35.5. The van der Waals surface area contributed by atoms with Crippen LogP contribution in [-0.4, -0.2) is 19.8 Å². The van der Waals surface area contributed by atoms with Gasteiger partial charge in [0.05, 0.1) is 17.3 Å². The van der Waals surface area contributed by atoms with Gasteiger partial charge in [-0.05, 0) is 18.1 Å². The minimum atomic E-state index is 0.195. The zero-order valence-corrected chi connectivity index (χ0v) is 8.60. The third-order valence-electron chi connectivity index (χ3n) is 3.29. The molecule has 1 N–H and O–H groups in total. The lowest BCUT2D eigenvalue weighted by Gasteiger charge is -2.20. The van der Waals surface area contributed by atoms with Crippen molar-refractivity contribution in [3.05, 3.63) is 28.8 Å². The lowest BCUT2D eigenvalue weighted by Crippen LogP contribution is -2.28. The van der Waals surface area contributed by atoms with Crippen LogP contribution in [0.15, 0.2) is 18.2 Å². The van der Waals surface area contributed by atoms with Gasteiger partial charge in [-0.2, -0.15) is 0 Å². The largest absolute Gasteiger partial charge is 0.383 e. The number of nitrogens with one attached hydrogen (secondary N) is 1. The molecule has 1 aromatic carbocycles. The number of para-hydroxylation sites is 1. The van der Waals surface area contributed by atoms with E-state index in [4.69, 9.17) is 16.3 Å². The molecule has 1 fully saturated rings. The summed E-state index contributed by atoms with van der Waals surface area (Å²) in [5.74, 6) is 0. The average Bonchev–Trinajstić information content (AvgIpc) is 2.78. The van der Waals surface area contributed by atoms with Crippen LogP contribution in [0, 0.1) is 0 Å². The van der Waals surface area contributed by atoms with E-state index < -0.39 is 0 Å². The van der Waals surface area contributed by atoms with E-state index in [9.17, 15) is 0 Å². The molecular weight excluding hydrogens is 198 g/mol. The molecule has 1 aromatic rings. The van der Waals surface area contributed by atoms with E-state index in [0.717, 1.165) is 36.9 Å². The third-order valence-corrected chi connectivity index (χ3v) is 3.61. The Hall–Kier alpha value is -0.730. The van der Waals surface area contributed by atoms with Crippen LogP contribution in [0.2, 0.25) is 5.02 Å². The van der Waals surface area contributed by atoms with Crippen LogP contribution in [0.25, 0.3) is 0 Å². The van der Waals surface area contributed by atoms with Crippen molar-refractivity contribution in [1.82, 2.24) is 0 Å². The zero-order valence-electron chi connectivity index (χ0n) is 7.85. The highest BCUT2D eigenvalue weighted by Gasteiger charge is 2.42. The SMILES string of the molecule is Clc1cccc2c1NCC21CCOC1. The smallest absolute Gasteiger partial charge is 0.0640 e. The predicted octanol–water partition coefficient (Wildman–Crippen LogP) is 2.42. The fourth-order valence-corrected chi connectivity index (χ4v) is 2.70. The summed E-state index contributed by atoms with van der Waals surface area (Å²) in [6.07, 6.45) is 1.10. The number of ether oxygens (including phenoxy) is 1. The summed E-state index contributed by atoms with van der Waals surface area (Å²) >= 11 is 6.13. The minimum absolute atomic E-state index is 0.195. The van der Waals surface area contributed by atoms with Crippen molar-refractivity contribution in [3.8, 4) is 0 Å². The highest BCUT2D eigenvalue weighted by Crippen LogP contribution is 2.44. The molecule has 74 valence electrons. The second-order valence-corrected chi connectivity index (χ2v) is 4.51. The number of fused-ring (bicyclic) bond motifs is 2. The van der Waals surface area contributed by atoms with E-state index in [0.29, 0.717) is 0 Å². The van der Waals surface area contributed by atoms with Crippen LogP contribution < -0.4 is 5.32 Å². The number of halogens is 1. The van der Waals surface area contributed by atoms with Crippen molar-refractivity contribution in [2.45, 2.75) is 11.8 Å². The molecule has 0 amide bonds. The number of rotatable bonds is 0. The lowest BCUT2D eigenvalue weighted by atomic mass is 9.82. The molecule has 14 heavy (non-hydrogen) atoms. The highest BCUT2D eigenvalue weighted by molar-refractivity contribution is 6.33. The summed E-state index contributed by atoms with van der Waals surface area (Å²) in [5.41, 5.74) is 2.64. The van der Waals surface area contributed by atoms with Crippen molar-refractivity contribution >= 4 is 17.3 Å². The average molecular weight is 210 g/mol. The molecule has 1 saturated heterocycles. The Morgan fingerprint density at radius 3 is 3.14 bits per heavy atom. The van der Waals surface area contributed by atoms with Crippen molar-refractivity contribution in [3.63, 3.8) is 0 Å². The molecule has 3 rings (SSSR count). The maximum Gasteiger partial charge on any atom is 0.0640 e. The molecule has 2 aliphatic rings. The predicted molar refractivity (Wildman–Crippen MR) is 57.1 cm³/mol. The molecule has 1 atom stereocenters. The van der Waals surface area contributed by atoms with Gasteiger partial charge in [0.25, 0.3) is 0 Å². The summed E-state index contributed by atoms with van der Waals surface area (Å²) < 4.78 is 5.50. The molecule has 0 bridgehead atoms. The standard InChI is InChI=1S/C11H12ClNO/c12-9-3-1-2-8-10(9)13-6-11(8)4-5-14-7-11/h1-3,13H,4-7H2. The molecule has 0 radical (unpaired) electrons. The molecule has 2 heterocycles. The first-order valence-corrected chi connectivity index (χ1v) is 5.30. The second kappa shape index (κ2) is 2.88. The second-order valence-electron chi connectivity index (χ2n) is 4.10. The summed E-state index contributed by atoms with van der Waals surface area (Å²) in [7, 11) is 0. The van der Waals surface area contributed by atoms with Gasteiger partial charge in [0.1, 0.15) is 0 Å². The molecule has 0 saturated carbocycles. The van der Waals surface area contributed by atoms with Gasteiger partial charge in [-0.1, -0.05) is 23.7 Å². The van der Waals surface area contributed by atoms with E-state index in [1.807, 2.05) is 12.1 Å². The van der Waals surface area contributed by atoms with Crippen LogP contribution in [-0.2, 0) is 10.2 Å². The fourth-order valence-electron chi connectivity index (χ4n) is 2.46. The summed E-state index contributed by atoms with van der Waals surface area (Å²) in [6.45, 7) is 2.66. The van der Waals surface area contributed by atoms with Gasteiger partial charge in [0, 0.05) is 18.6 Å². The molecule has 0 aromatic heterocycles. The minimum Gasteiger partial charge on any atom is -0.383 e. The van der Waals surface area contributed by atoms with Crippen LogP contribution in [0.4, 0.5) is 5.69 Å². The van der Waals surface area contributed by atoms with E-state index in [1.54, 1.807) is 0 Å². The molecule has 1 spiro atoms. The van der Waals surface area contributed by atoms with Gasteiger partial charge in [-0.15, -0.1) is 0 Å². The molecule has 3 heteroatoms. The van der Waals surface area contributed by atoms with E-state index in [1.165, 1.54) is 5.56 Å². The molecule has 1 unspecified atom stereocenters. The number of anilines is 1. The molecular formula is C11H12ClNO. The Morgan fingerprint density at radius 1 is 1.43 bits per heavy atom. The van der Waals surface area contributed by atoms with E-state index in [-0.39, 0.29) is 5.41 Å². The lowest BCUT2D eigenvalue weighted by molar-refractivity contribution is 0.181. The quantitative estimate of drug-likeness (QED) is 0.709. The zero-order chi connectivity index (χ0) is 9.60. The van der Waals surface area contributed by atoms with Crippen molar-refractivity contribution in [2.75, 3.05) is 25.1 Å². The maximum absolute atomic E-state index is 6.13. The van der Waals surface area contributed by atoms with E-state index in [2.05, 4.69) is 11.4 Å². The normalized spacial score (nSPS) is 29.2. The Labute approximate surface area is 88.2 Å². The Morgan fingerprint density at radius 2 is 2.36 bits per heavy atom. The first kappa shape index (κ1) is 8.57. The topological polar surface area (TPSA) is 21.3 Å². The van der Waals surface area contributed by atoms with Crippen molar-refractivity contribution in [2.24, 2.45) is 0 Å².